The molecule has 2 atom stereocenters. The molecule has 0 bridgehead atoms. The standard InChI is InChI=1S/C74H141NO5/c1-3-5-7-9-11-13-15-17-18-19-38-41-44-48-52-56-60-64-68-74(79)80-69-65-61-57-53-49-45-42-39-36-34-32-30-28-26-24-22-20-21-23-25-27-29-31-33-35-37-40-43-47-51-55-59-63-67-73(78)75-71(70-76)72(77)66-62-58-54-50-46-16-14-12-10-8-6-4-2/h13,15,18-19,62,66,71-72,76-77H,3-12,14,16-17,20-61,63-65,67-70H2,1-2H3,(H,75,78)/b15-13-,19-18-,66-62+. The van der Waals surface area contributed by atoms with E-state index in [2.05, 4.69) is 43.5 Å². The Labute approximate surface area is 500 Å². The summed E-state index contributed by atoms with van der Waals surface area (Å²) in [6.45, 7) is 4.91. The van der Waals surface area contributed by atoms with Crippen molar-refractivity contribution >= 4 is 11.9 Å². The summed E-state index contributed by atoms with van der Waals surface area (Å²) in [6, 6.07) is -0.623. The zero-order valence-electron chi connectivity index (χ0n) is 54.1. The number of hydrogen-bond acceptors (Lipinski definition) is 5. The Morgan fingerprint density at radius 1 is 0.350 bits per heavy atom. The number of rotatable bonds is 68. The van der Waals surface area contributed by atoms with Crippen LogP contribution in [0.5, 0.6) is 0 Å². The van der Waals surface area contributed by atoms with Gasteiger partial charge < -0.3 is 20.3 Å². The van der Waals surface area contributed by atoms with Gasteiger partial charge in [-0.2, -0.15) is 0 Å². The van der Waals surface area contributed by atoms with Gasteiger partial charge in [0.15, 0.2) is 0 Å². The Morgan fingerprint density at radius 2 is 0.625 bits per heavy atom. The number of carbonyl (C=O) groups is 2. The molecule has 0 spiro atoms. The monoisotopic (exact) mass is 1120 g/mol. The van der Waals surface area contributed by atoms with Gasteiger partial charge in [0, 0.05) is 12.8 Å². The third-order valence-corrected chi connectivity index (χ3v) is 16.9. The Morgan fingerprint density at radius 3 is 0.963 bits per heavy atom. The van der Waals surface area contributed by atoms with Crippen molar-refractivity contribution in [1.29, 1.82) is 0 Å². The molecule has 6 heteroatoms. The molecule has 80 heavy (non-hydrogen) atoms. The van der Waals surface area contributed by atoms with Crippen LogP contribution in [0, 0.1) is 0 Å². The molecule has 3 N–H and O–H groups in total. The lowest BCUT2D eigenvalue weighted by Crippen LogP contribution is -2.45. The van der Waals surface area contributed by atoms with Crippen LogP contribution in [-0.4, -0.2) is 47.4 Å². The van der Waals surface area contributed by atoms with Crippen molar-refractivity contribution in [2.45, 2.75) is 411 Å². The SMILES string of the molecule is CCCCCC/C=C\C/C=C\CCCCCCCCCC(=O)OCCCCCCCCCCCCCCCCCCCCCCCCCCCCCCCCCCCC(=O)NC(CO)C(O)/C=C/CCCCCCCCCCCC. The lowest BCUT2D eigenvalue weighted by molar-refractivity contribution is -0.143. The fourth-order valence-electron chi connectivity index (χ4n) is 11.4. The van der Waals surface area contributed by atoms with Crippen LogP contribution in [0.2, 0.25) is 0 Å². The topological polar surface area (TPSA) is 95.9 Å². The van der Waals surface area contributed by atoms with Crippen molar-refractivity contribution in [2.75, 3.05) is 13.2 Å². The van der Waals surface area contributed by atoms with E-state index in [-0.39, 0.29) is 18.5 Å². The van der Waals surface area contributed by atoms with Crippen LogP contribution >= 0.6 is 0 Å². The quantitative estimate of drug-likeness (QED) is 0.0320. The van der Waals surface area contributed by atoms with E-state index in [1.54, 1.807) is 6.08 Å². The smallest absolute Gasteiger partial charge is 0.305 e. The van der Waals surface area contributed by atoms with Gasteiger partial charge in [-0.15, -0.1) is 0 Å². The van der Waals surface area contributed by atoms with E-state index in [1.807, 2.05) is 6.08 Å². The third kappa shape index (κ3) is 65.2. The first-order chi connectivity index (χ1) is 39.5. The first-order valence-corrected chi connectivity index (χ1v) is 36.3. The molecule has 6 nitrogen and oxygen atoms in total. The molecule has 0 aliphatic rings. The van der Waals surface area contributed by atoms with Crippen molar-refractivity contribution in [3.63, 3.8) is 0 Å². The molecule has 2 unspecified atom stereocenters. The third-order valence-electron chi connectivity index (χ3n) is 16.9. The van der Waals surface area contributed by atoms with E-state index in [4.69, 9.17) is 4.74 Å². The molecular formula is C74H141NO5. The summed E-state index contributed by atoms with van der Waals surface area (Å²) in [5, 5.41) is 23.1. The van der Waals surface area contributed by atoms with Crippen molar-refractivity contribution < 1.29 is 24.5 Å². The maximum absolute atomic E-state index is 12.5. The predicted molar refractivity (Wildman–Crippen MR) is 352 cm³/mol. The average Bonchev–Trinajstić information content (AvgIpc) is 3.46. The number of amides is 1. The predicted octanol–water partition coefficient (Wildman–Crippen LogP) is 23.5. The number of nitrogens with one attached hydrogen (secondary N) is 1. The number of esters is 1. The first-order valence-electron chi connectivity index (χ1n) is 36.3. The second-order valence-electron chi connectivity index (χ2n) is 24.9. The molecule has 0 aliphatic carbocycles. The van der Waals surface area contributed by atoms with Gasteiger partial charge in [0.25, 0.3) is 0 Å². The van der Waals surface area contributed by atoms with Crippen LogP contribution in [0.1, 0.15) is 399 Å². The number of hydrogen-bond donors (Lipinski definition) is 3. The molecule has 0 rings (SSSR count). The normalized spacial score (nSPS) is 12.7. The van der Waals surface area contributed by atoms with Crippen molar-refractivity contribution in [1.82, 2.24) is 5.32 Å². The highest BCUT2D eigenvalue weighted by atomic mass is 16.5. The zero-order chi connectivity index (χ0) is 57.8. The highest BCUT2D eigenvalue weighted by Crippen LogP contribution is 2.19. The van der Waals surface area contributed by atoms with Crippen LogP contribution in [0.4, 0.5) is 0 Å². The van der Waals surface area contributed by atoms with Gasteiger partial charge in [-0.3, -0.25) is 9.59 Å². The second-order valence-corrected chi connectivity index (χ2v) is 24.9. The lowest BCUT2D eigenvalue weighted by Gasteiger charge is -2.20. The molecule has 0 radical (unpaired) electrons. The average molecular weight is 1120 g/mol. The van der Waals surface area contributed by atoms with E-state index in [9.17, 15) is 19.8 Å². The van der Waals surface area contributed by atoms with Crippen LogP contribution in [0.15, 0.2) is 36.5 Å². The molecule has 0 heterocycles. The summed E-state index contributed by atoms with van der Waals surface area (Å²) in [5.74, 6) is -0.0479. The van der Waals surface area contributed by atoms with Gasteiger partial charge in [-0.25, -0.2) is 0 Å². The van der Waals surface area contributed by atoms with Gasteiger partial charge in [-0.05, 0) is 64.2 Å². The van der Waals surface area contributed by atoms with Gasteiger partial charge in [0.05, 0.1) is 25.4 Å². The number of aliphatic hydroxyl groups is 2. The van der Waals surface area contributed by atoms with E-state index in [0.717, 1.165) is 51.4 Å². The van der Waals surface area contributed by atoms with Crippen molar-refractivity contribution in [2.24, 2.45) is 0 Å². The van der Waals surface area contributed by atoms with Crippen molar-refractivity contribution in [3.05, 3.63) is 36.5 Å². The minimum Gasteiger partial charge on any atom is -0.466 e. The van der Waals surface area contributed by atoms with Crippen LogP contribution < -0.4 is 5.32 Å². The Hall–Kier alpha value is -1.92. The molecule has 0 fully saturated rings. The number of ether oxygens (including phenoxy) is 1. The van der Waals surface area contributed by atoms with Gasteiger partial charge in [-0.1, -0.05) is 359 Å². The molecule has 0 saturated carbocycles. The Kier molecular flexibility index (Phi) is 67.9. The fraction of sp³-hybridized carbons (Fsp3) is 0.892. The van der Waals surface area contributed by atoms with E-state index < -0.39 is 12.1 Å². The van der Waals surface area contributed by atoms with E-state index in [0.29, 0.717) is 19.4 Å². The maximum Gasteiger partial charge on any atom is 0.305 e. The van der Waals surface area contributed by atoms with Crippen LogP contribution in [0.25, 0.3) is 0 Å². The van der Waals surface area contributed by atoms with Crippen molar-refractivity contribution in [3.8, 4) is 0 Å². The largest absolute Gasteiger partial charge is 0.466 e. The molecule has 0 aromatic rings. The summed E-state index contributed by atoms with van der Waals surface area (Å²) in [6.07, 6.45) is 89.6. The highest BCUT2D eigenvalue weighted by molar-refractivity contribution is 5.76. The molecule has 0 aromatic carbocycles. The summed E-state index contributed by atoms with van der Waals surface area (Å²) >= 11 is 0. The zero-order valence-corrected chi connectivity index (χ0v) is 54.1. The number of aliphatic hydroxyl groups excluding tert-OH is 2. The Bertz CT molecular complexity index is 1300. The lowest BCUT2D eigenvalue weighted by atomic mass is 10.0. The van der Waals surface area contributed by atoms with E-state index >= 15 is 0 Å². The summed E-state index contributed by atoms with van der Waals surface area (Å²) in [4.78, 5) is 24.6. The number of allylic oxidation sites excluding steroid dienone is 5. The minimum absolute atomic E-state index is 0.0144. The summed E-state index contributed by atoms with van der Waals surface area (Å²) in [7, 11) is 0. The molecule has 1 amide bonds. The van der Waals surface area contributed by atoms with Gasteiger partial charge in [0.1, 0.15) is 0 Å². The van der Waals surface area contributed by atoms with E-state index in [1.165, 1.54) is 321 Å². The fourth-order valence-corrected chi connectivity index (χ4v) is 11.4. The Balaban J connectivity index is 3.31. The molecule has 0 saturated heterocycles. The molecular weight excluding hydrogens is 983 g/mol. The number of carbonyl (C=O) groups excluding carboxylic acids is 2. The highest BCUT2D eigenvalue weighted by Gasteiger charge is 2.18. The molecule has 0 aliphatic heterocycles. The minimum atomic E-state index is -0.840. The second kappa shape index (κ2) is 69.6. The summed E-state index contributed by atoms with van der Waals surface area (Å²) < 4.78 is 5.51. The molecule has 472 valence electrons. The van der Waals surface area contributed by atoms with Crippen LogP contribution in [-0.2, 0) is 14.3 Å². The molecule has 0 aromatic heterocycles. The maximum atomic E-state index is 12.5. The van der Waals surface area contributed by atoms with Gasteiger partial charge >= 0.3 is 5.97 Å². The van der Waals surface area contributed by atoms with Crippen LogP contribution in [0.3, 0.4) is 0 Å². The summed E-state index contributed by atoms with van der Waals surface area (Å²) in [5.41, 5.74) is 0. The van der Waals surface area contributed by atoms with Gasteiger partial charge in [0.2, 0.25) is 5.91 Å². The first kappa shape index (κ1) is 78.1. The number of unbranched alkanes of at least 4 members (excludes halogenated alkanes) is 53.